The Hall–Kier alpha value is 0.403. The van der Waals surface area contributed by atoms with E-state index in [0.29, 0.717) is 0 Å². The molecule has 0 rings (SSSR count). The third kappa shape index (κ3) is 10.4. The van der Waals surface area contributed by atoms with Crippen LogP contribution in [0, 0.1) is 16.7 Å². The van der Waals surface area contributed by atoms with E-state index in [1.54, 1.807) is 17.0 Å². The van der Waals surface area contributed by atoms with E-state index < -0.39 is 10.6 Å². The van der Waals surface area contributed by atoms with Crippen molar-refractivity contribution in [1.82, 2.24) is 0 Å². The Kier molecular flexibility index (Phi) is 10.8. The predicted octanol–water partition coefficient (Wildman–Crippen LogP) is -0.376. The van der Waals surface area contributed by atoms with E-state index in [1.807, 2.05) is 0 Å². The third-order valence-corrected chi connectivity index (χ3v) is 0.817. The number of nitro groups is 1. The average molecular weight is 381 g/mol. The minimum absolute atomic E-state index is 0.0255. The molecule has 0 aliphatic rings. The van der Waals surface area contributed by atoms with E-state index >= 15 is 0 Å². The molecule has 0 aromatic carbocycles. The van der Waals surface area contributed by atoms with E-state index in [-0.39, 0.29) is 4.35 Å². The summed E-state index contributed by atoms with van der Waals surface area (Å²) >= 11 is 7.76. The van der Waals surface area contributed by atoms with Gasteiger partial charge in [-0.05, 0) is 0 Å². The van der Waals surface area contributed by atoms with Gasteiger partial charge in [-0.15, -0.1) is 0 Å². The summed E-state index contributed by atoms with van der Waals surface area (Å²) in [6, 6.07) is 0. The molecular formula is C4H3ClN2O2VW-2. The molecule has 11 heavy (non-hydrogen) atoms. The first-order valence-electron chi connectivity index (χ1n) is 2.03. The van der Waals surface area contributed by atoms with Crippen LogP contribution in [0.1, 0.15) is 0 Å². The number of nitrogens with two attached hydrogens (primary N) is 1. The second-order valence-electron chi connectivity index (χ2n) is 1.10. The zero-order chi connectivity index (χ0) is 9.44. The molecule has 4 nitrogen and oxygen atoms in total. The topological polar surface area (TPSA) is 69.2 Å². The number of hydrogen-bond donors (Lipinski definition) is 1. The van der Waals surface area contributed by atoms with E-state index in [1.165, 1.54) is 19.4 Å². The SMILES string of the molecule is Cl[C-]=[W].[CH-]=C([C](N)=[V])[N+](=O)[O-]. The first-order valence-corrected chi connectivity index (χ1v) is 4.58. The molecule has 0 aromatic rings. The van der Waals surface area contributed by atoms with Gasteiger partial charge in [-0.3, -0.25) is 0 Å². The number of halogens is 1. The van der Waals surface area contributed by atoms with Crippen molar-refractivity contribution in [3.63, 3.8) is 0 Å². The van der Waals surface area contributed by atoms with Crippen molar-refractivity contribution in [2.75, 3.05) is 0 Å². The summed E-state index contributed by atoms with van der Waals surface area (Å²) < 4.78 is 2.28. The maximum absolute atomic E-state index is 9.67. The second-order valence-corrected chi connectivity index (χ2v) is 3.67. The van der Waals surface area contributed by atoms with Crippen molar-refractivity contribution < 1.29 is 41.3 Å². The Morgan fingerprint density at radius 1 is 1.91 bits per heavy atom. The summed E-state index contributed by atoms with van der Waals surface area (Å²) in [6.07, 6.45) is 0. The van der Waals surface area contributed by atoms with Crippen LogP contribution in [0.25, 0.3) is 0 Å². The van der Waals surface area contributed by atoms with Gasteiger partial charge < -0.3 is 0 Å². The molecule has 0 bridgehead atoms. The van der Waals surface area contributed by atoms with Crippen molar-refractivity contribution in [1.29, 1.82) is 0 Å². The molecule has 0 fully saturated rings. The fraction of sp³-hybridized carbons (Fsp3) is 0. The Morgan fingerprint density at radius 3 is 2.18 bits per heavy atom. The predicted molar refractivity (Wildman–Crippen MR) is 34.9 cm³/mol. The summed E-state index contributed by atoms with van der Waals surface area (Å²) in [5.74, 6) is 0. The van der Waals surface area contributed by atoms with E-state index in [2.05, 4.69) is 3.86 Å². The molecule has 2 N–H and O–H groups in total. The summed E-state index contributed by atoms with van der Waals surface area (Å²) in [7, 11) is 0. The van der Waals surface area contributed by atoms with Crippen molar-refractivity contribution in [2.24, 2.45) is 5.73 Å². The Morgan fingerprint density at radius 2 is 2.18 bits per heavy atom. The average Bonchev–Trinajstić information content (AvgIpc) is 1.87. The van der Waals surface area contributed by atoms with Crippen LogP contribution in [0.5, 0.6) is 0 Å². The number of nitrogens with zero attached hydrogens (tertiary/aromatic N) is 1. The van der Waals surface area contributed by atoms with Crippen LogP contribution in [0.2, 0.25) is 0 Å². The van der Waals surface area contributed by atoms with Gasteiger partial charge in [-0.2, -0.15) is 0 Å². The Labute approximate surface area is 88.8 Å². The van der Waals surface area contributed by atoms with Gasteiger partial charge in [0, 0.05) is 0 Å². The maximum atomic E-state index is 9.67. The van der Waals surface area contributed by atoms with E-state index in [9.17, 15) is 10.1 Å². The fourth-order valence-corrected chi connectivity index (χ4v) is 0.221. The van der Waals surface area contributed by atoms with Crippen LogP contribution in [-0.2, 0) is 36.3 Å². The molecule has 0 radical (unpaired) electrons. The van der Waals surface area contributed by atoms with Gasteiger partial charge in [0.2, 0.25) is 0 Å². The zero-order valence-corrected chi connectivity index (χ0v) is 10.2. The molecule has 0 spiro atoms. The summed E-state index contributed by atoms with van der Waals surface area (Å²) in [5, 5.41) is 9.67. The van der Waals surface area contributed by atoms with E-state index in [0.717, 1.165) is 0 Å². The summed E-state index contributed by atoms with van der Waals surface area (Å²) in [5.41, 5.74) is 4.41. The molecule has 0 heterocycles. The van der Waals surface area contributed by atoms with Crippen molar-refractivity contribution >= 4 is 19.8 Å². The van der Waals surface area contributed by atoms with Crippen LogP contribution >= 0.6 is 11.6 Å². The Bertz CT molecular complexity index is 181. The van der Waals surface area contributed by atoms with Gasteiger partial charge in [0.15, 0.2) is 0 Å². The molecule has 0 amide bonds. The van der Waals surface area contributed by atoms with Crippen molar-refractivity contribution in [3.05, 3.63) is 22.4 Å². The standard InChI is InChI=1S/C3H3N2O2.CCl.V.W/c1-3(2-4)5(6)7;1-2;;/h1H,4H2;;;/q2*-1;;. The zero-order valence-electron chi connectivity index (χ0n) is 5.15. The van der Waals surface area contributed by atoms with Crippen LogP contribution in [0.4, 0.5) is 0 Å². The van der Waals surface area contributed by atoms with E-state index in [4.69, 9.17) is 23.9 Å². The molecule has 0 aliphatic heterocycles. The van der Waals surface area contributed by atoms with Gasteiger partial charge in [0.1, 0.15) is 0 Å². The fourth-order valence-electron chi connectivity index (χ4n) is 0.0935. The van der Waals surface area contributed by atoms with Gasteiger partial charge in [0.25, 0.3) is 0 Å². The first-order chi connectivity index (χ1) is 4.97. The molecule has 0 saturated heterocycles. The van der Waals surface area contributed by atoms with Gasteiger partial charge in [-0.1, -0.05) is 0 Å². The van der Waals surface area contributed by atoms with Crippen molar-refractivity contribution in [2.45, 2.75) is 0 Å². The first kappa shape index (κ1) is 14.0. The molecule has 61 valence electrons. The molecule has 0 saturated carbocycles. The van der Waals surface area contributed by atoms with Gasteiger partial charge in [0.05, 0.1) is 0 Å². The third-order valence-electron chi connectivity index (χ3n) is 0.459. The van der Waals surface area contributed by atoms with Gasteiger partial charge in [-0.25, -0.2) is 0 Å². The summed E-state index contributed by atoms with van der Waals surface area (Å²) in [4.78, 5) is 8.93. The van der Waals surface area contributed by atoms with Gasteiger partial charge >= 0.3 is 89.2 Å². The monoisotopic (exact) mass is 381 g/mol. The second kappa shape index (κ2) is 8.50. The molecule has 0 aliphatic carbocycles. The molecule has 7 heteroatoms. The van der Waals surface area contributed by atoms with Crippen molar-refractivity contribution in [3.8, 4) is 0 Å². The molecular weight excluding hydrogens is 378 g/mol. The number of rotatable bonds is 2. The molecule has 0 unspecified atom stereocenters. The van der Waals surface area contributed by atoms with Crippen LogP contribution in [-0.4, -0.2) is 13.1 Å². The van der Waals surface area contributed by atoms with Crippen LogP contribution in [0.3, 0.4) is 0 Å². The quantitative estimate of drug-likeness (QED) is 0.403. The normalized spacial score (nSPS) is 7.00. The Balaban J connectivity index is 0. The minimum atomic E-state index is -0.742. The molecule has 0 aromatic heterocycles. The molecule has 0 atom stereocenters. The summed E-state index contributed by atoms with van der Waals surface area (Å²) in [6.45, 7) is 4.80. The van der Waals surface area contributed by atoms with Crippen LogP contribution < -0.4 is 5.73 Å². The number of hydrogen-bond acceptors (Lipinski definition) is 3. The van der Waals surface area contributed by atoms with Crippen LogP contribution in [0.15, 0.2) is 5.70 Å².